The van der Waals surface area contributed by atoms with E-state index in [9.17, 15) is 4.79 Å². The van der Waals surface area contributed by atoms with Crippen LogP contribution < -0.4 is 10.1 Å². The minimum absolute atomic E-state index is 0.100. The number of carbonyl (C=O) groups excluding carboxylic acids is 1. The summed E-state index contributed by atoms with van der Waals surface area (Å²) >= 11 is 5.88. The third-order valence-corrected chi connectivity index (χ3v) is 3.56. The topological polar surface area (TPSA) is 56.1 Å². The highest BCUT2D eigenvalue weighted by molar-refractivity contribution is 6.30. The molecule has 0 aliphatic carbocycles. The molecule has 1 heterocycles. The molecule has 1 amide bonds. The normalized spacial score (nSPS) is 10.4. The highest BCUT2D eigenvalue weighted by atomic mass is 35.5. The van der Waals surface area contributed by atoms with Crippen molar-refractivity contribution in [1.82, 2.24) is 9.78 Å². The van der Waals surface area contributed by atoms with Crippen molar-refractivity contribution in [2.75, 3.05) is 11.9 Å². The van der Waals surface area contributed by atoms with Gasteiger partial charge in [-0.25, -0.2) is 4.68 Å². The molecule has 6 heteroatoms. The molecule has 0 spiro atoms. The van der Waals surface area contributed by atoms with Crippen molar-refractivity contribution in [2.45, 2.75) is 6.54 Å². The van der Waals surface area contributed by atoms with Crippen LogP contribution in [0.15, 0.2) is 66.9 Å². The van der Waals surface area contributed by atoms with Crippen molar-refractivity contribution >= 4 is 23.3 Å². The van der Waals surface area contributed by atoms with E-state index in [0.29, 0.717) is 23.1 Å². The molecule has 1 N–H and O–H groups in total. The lowest BCUT2D eigenvalue weighted by atomic mass is 10.2. The van der Waals surface area contributed by atoms with Gasteiger partial charge in [-0.2, -0.15) is 5.10 Å². The number of anilines is 1. The molecule has 0 aliphatic rings. The summed E-state index contributed by atoms with van der Waals surface area (Å²) in [5.41, 5.74) is 1.10. The minimum Gasteiger partial charge on any atom is -0.484 e. The van der Waals surface area contributed by atoms with Gasteiger partial charge in [-0.1, -0.05) is 48.0 Å². The van der Waals surface area contributed by atoms with Crippen LogP contribution in [0.4, 0.5) is 5.82 Å². The molecule has 1 aromatic heterocycles. The van der Waals surface area contributed by atoms with E-state index in [1.54, 1.807) is 41.2 Å². The molecule has 0 atom stereocenters. The minimum atomic E-state index is -0.259. The molecule has 0 bridgehead atoms. The zero-order valence-electron chi connectivity index (χ0n) is 12.9. The second kappa shape index (κ2) is 7.66. The van der Waals surface area contributed by atoms with E-state index in [1.807, 2.05) is 30.3 Å². The maximum Gasteiger partial charge on any atom is 0.263 e. The number of amides is 1. The highest BCUT2D eigenvalue weighted by Gasteiger charge is 2.08. The van der Waals surface area contributed by atoms with Crippen LogP contribution in [0.5, 0.6) is 5.75 Å². The van der Waals surface area contributed by atoms with Crippen LogP contribution in [-0.4, -0.2) is 22.3 Å². The average molecular weight is 342 g/mol. The molecule has 0 radical (unpaired) electrons. The molecule has 0 saturated carbocycles. The Balaban J connectivity index is 1.58. The van der Waals surface area contributed by atoms with Crippen molar-refractivity contribution in [1.29, 1.82) is 0 Å². The fourth-order valence-electron chi connectivity index (χ4n) is 2.21. The van der Waals surface area contributed by atoms with E-state index in [1.165, 1.54) is 0 Å². The van der Waals surface area contributed by atoms with Gasteiger partial charge in [0, 0.05) is 11.1 Å². The standard InChI is InChI=1S/C18H16ClN3O2/c19-15-7-4-8-16(11-15)24-13-18(23)21-17-9-10-20-22(17)12-14-5-2-1-3-6-14/h1-11H,12-13H2,(H,21,23). The number of ether oxygens (including phenoxy) is 1. The number of aromatic nitrogens is 2. The summed E-state index contributed by atoms with van der Waals surface area (Å²) in [6, 6.07) is 18.6. The Morgan fingerprint density at radius 1 is 1.12 bits per heavy atom. The molecule has 122 valence electrons. The van der Waals surface area contributed by atoms with Gasteiger partial charge in [-0.3, -0.25) is 4.79 Å². The number of halogens is 1. The van der Waals surface area contributed by atoms with Crippen LogP contribution in [0, 0.1) is 0 Å². The van der Waals surface area contributed by atoms with Crippen LogP contribution in [0.2, 0.25) is 5.02 Å². The summed E-state index contributed by atoms with van der Waals surface area (Å²) in [6.45, 7) is 0.482. The lowest BCUT2D eigenvalue weighted by Gasteiger charge is -2.10. The van der Waals surface area contributed by atoms with E-state index in [0.717, 1.165) is 5.56 Å². The van der Waals surface area contributed by atoms with Gasteiger partial charge >= 0.3 is 0 Å². The predicted octanol–water partition coefficient (Wildman–Crippen LogP) is 3.60. The Morgan fingerprint density at radius 3 is 2.75 bits per heavy atom. The first kappa shape index (κ1) is 16.1. The number of hydrogen-bond donors (Lipinski definition) is 1. The monoisotopic (exact) mass is 341 g/mol. The molecule has 3 aromatic rings. The average Bonchev–Trinajstić information content (AvgIpc) is 3.01. The second-order valence-electron chi connectivity index (χ2n) is 5.15. The quantitative estimate of drug-likeness (QED) is 0.745. The fraction of sp³-hybridized carbons (Fsp3) is 0.111. The Morgan fingerprint density at radius 2 is 1.96 bits per heavy atom. The molecule has 2 aromatic carbocycles. The van der Waals surface area contributed by atoms with Gasteiger partial charge in [0.15, 0.2) is 6.61 Å². The number of rotatable bonds is 6. The van der Waals surface area contributed by atoms with E-state index >= 15 is 0 Å². The van der Waals surface area contributed by atoms with Gasteiger partial charge in [0.05, 0.1) is 12.7 Å². The first-order valence-electron chi connectivity index (χ1n) is 7.45. The van der Waals surface area contributed by atoms with Crippen molar-refractivity contribution in [3.05, 3.63) is 77.4 Å². The van der Waals surface area contributed by atoms with Gasteiger partial charge < -0.3 is 10.1 Å². The molecule has 5 nitrogen and oxygen atoms in total. The Kier molecular flexibility index (Phi) is 5.13. The molecule has 3 rings (SSSR count). The first-order valence-corrected chi connectivity index (χ1v) is 7.82. The summed E-state index contributed by atoms with van der Waals surface area (Å²) in [5.74, 6) is 0.916. The number of hydrogen-bond acceptors (Lipinski definition) is 3. The first-order chi connectivity index (χ1) is 11.7. The molecule has 0 unspecified atom stereocenters. The molecule has 0 aliphatic heterocycles. The zero-order chi connectivity index (χ0) is 16.8. The Hall–Kier alpha value is -2.79. The maximum absolute atomic E-state index is 12.1. The van der Waals surface area contributed by atoms with Gasteiger partial charge in [0.1, 0.15) is 11.6 Å². The third-order valence-electron chi connectivity index (χ3n) is 3.33. The van der Waals surface area contributed by atoms with Crippen LogP contribution in [-0.2, 0) is 11.3 Å². The smallest absolute Gasteiger partial charge is 0.263 e. The van der Waals surface area contributed by atoms with E-state index in [-0.39, 0.29) is 12.5 Å². The van der Waals surface area contributed by atoms with Gasteiger partial charge in [0.2, 0.25) is 0 Å². The van der Waals surface area contributed by atoms with Crippen LogP contribution in [0.1, 0.15) is 5.56 Å². The summed E-state index contributed by atoms with van der Waals surface area (Å²) in [5, 5.41) is 7.60. The SMILES string of the molecule is O=C(COc1cccc(Cl)c1)Nc1ccnn1Cc1ccccc1. The number of carbonyl (C=O) groups is 1. The van der Waals surface area contributed by atoms with E-state index < -0.39 is 0 Å². The number of nitrogens with zero attached hydrogens (tertiary/aromatic N) is 2. The van der Waals surface area contributed by atoms with Crippen LogP contribution in [0.25, 0.3) is 0 Å². The second-order valence-corrected chi connectivity index (χ2v) is 5.59. The van der Waals surface area contributed by atoms with Crippen molar-refractivity contribution < 1.29 is 9.53 Å². The van der Waals surface area contributed by atoms with E-state index in [2.05, 4.69) is 10.4 Å². The van der Waals surface area contributed by atoms with Crippen LogP contribution in [0.3, 0.4) is 0 Å². The lowest BCUT2D eigenvalue weighted by Crippen LogP contribution is -2.22. The zero-order valence-corrected chi connectivity index (χ0v) is 13.6. The van der Waals surface area contributed by atoms with Crippen molar-refractivity contribution in [2.24, 2.45) is 0 Å². The summed E-state index contributed by atoms with van der Waals surface area (Å²) in [4.78, 5) is 12.1. The molecule has 0 saturated heterocycles. The largest absolute Gasteiger partial charge is 0.484 e. The summed E-state index contributed by atoms with van der Waals surface area (Å²) < 4.78 is 7.16. The van der Waals surface area contributed by atoms with Crippen molar-refractivity contribution in [3.63, 3.8) is 0 Å². The Labute approximate surface area is 144 Å². The lowest BCUT2D eigenvalue weighted by molar-refractivity contribution is -0.118. The molecule has 24 heavy (non-hydrogen) atoms. The van der Waals surface area contributed by atoms with E-state index in [4.69, 9.17) is 16.3 Å². The van der Waals surface area contributed by atoms with Gasteiger partial charge in [0.25, 0.3) is 5.91 Å². The fourth-order valence-corrected chi connectivity index (χ4v) is 2.39. The summed E-state index contributed by atoms with van der Waals surface area (Å²) in [7, 11) is 0. The maximum atomic E-state index is 12.1. The number of nitrogens with one attached hydrogen (secondary N) is 1. The van der Waals surface area contributed by atoms with Crippen molar-refractivity contribution in [3.8, 4) is 5.75 Å². The third kappa shape index (κ3) is 4.36. The molecule has 0 fully saturated rings. The molecular formula is C18H16ClN3O2. The van der Waals surface area contributed by atoms with Crippen LogP contribution >= 0.6 is 11.6 Å². The van der Waals surface area contributed by atoms with Gasteiger partial charge in [-0.15, -0.1) is 0 Å². The summed E-state index contributed by atoms with van der Waals surface area (Å²) in [6.07, 6.45) is 1.65. The highest BCUT2D eigenvalue weighted by Crippen LogP contribution is 2.17. The number of benzene rings is 2. The Bertz CT molecular complexity index is 818. The molecular weight excluding hydrogens is 326 g/mol. The predicted molar refractivity (Wildman–Crippen MR) is 93.3 cm³/mol. The van der Waals surface area contributed by atoms with Gasteiger partial charge in [-0.05, 0) is 23.8 Å².